The molecule has 0 N–H and O–H groups in total. The molecule has 2 aliphatic rings. The third-order valence-electron chi connectivity index (χ3n) is 6.51. The lowest BCUT2D eigenvalue weighted by atomic mass is 9.96. The number of nitrogens with zero attached hydrogens (tertiary/aromatic N) is 5. The van der Waals surface area contributed by atoms with E-state index in [1.807, 2.05) is 18.5 Å². The maximum atomic E-state index is 4.73. The van der Waals surface area contributed by atoms with Gasteiger partial charge in [0.05, 0.1) is 12.2 Å². The Morgan fingerprint density at radius 3 is 2.68 bits per heavy atom. The van der Waals surface area contributed by atoms with Crippen molar-refractivity contribution in [1.29, 1.82) is 0 Å². The summed E-state index contributed by atoms with van der Waals surface area (Å²) in [6, 6.07) is 5.52. The van der Waals surface area contributed by atoms with Crippen molar-refractivity contribution in [3.05, 3.63) is 48.0 Å². The molecule has 0 aromatic carbocycles. The summed E-state index contributed by atoms with van der Waals surface area (Å²) in [5, 5.41) is 4.73. The minimum Gasteiger partial charge on any atom is -0.299 e. The molecule has 2 fully saturated rings. The van der Waals surface area contributed by atoms with Crippen molar-refractivity contribution in [2.75, 3.05) is 19.6 Å². The van der Waals surface area contributed by atoms with Crippen LogP contribution in [-0.2, 0) is 13.1 Å². The first-order valence-corrected chi connectivity index (χ1v) is 11.2. The fourth-order valence-corrected chi connectivity index (χ4v) is 5.01. The number of likely N-dealkylation sites (tertiary alicyclic amines) is 1. The summed E-state index contributed by atoms with van der Waals surface area (Å²) >= 11 is 0. The van der Waals surface area contributed by atoms with E-state index in [4.69, 9.17) is 5.10 Å². The Balaban J connectivity index is 1.44. The molecule has 1 atom stereocenters. The largest absolute Gasteiger partial charge is 0.299 e. The molecule has 0 amide bonds. The zero-order valence-electron chi connectivity index (χ0n) is 17.3. The molecule has 3 heterocycles. The van der Waals surface area contributed by atoms with E-state index in [9.17, 15) is 0 Å². The number of likely N-dealkylation sites (N-methyl/N-ethyl adjacent to an activating group) is 1. The van der Waals surface area contributed by atoms with Gasteiger partial charge in [0, 0.05) is 49.8 Å². The van der Waals surface area contributed by atoms with E-state index in [1.54, 1.807) is 0 Å². The van der Waals surface area contributed by atoms with E-state index in [1.165, 1.54) is 62.6 Å². The third-order valence-corrected chi connectivity index (χ3v) is 6.51. The highest BCUT2D eigenvalue weighted by Gasteiger charge is 2.25. The van der Waals surface area contributed by atoms with E-state index in [2.05, 4.69) is 44.8 Å². The summed E-state index contributed by atoms with van der Waals surface area (Å²) in [6.07, 6.45) is 17.6. The summed E-state index contributed by atoms with van der Waals surface area (Å²) < 4.78 is 2.24. The van der Waals surface area contributed by atoms with Gasteiger partial charge in [-0.25, -0.2) is 0 Å². The van der Waals surface area contributed by atoms with Crippen LogP contribution in [0.15, 0.2) is 36.9 Å². The van der Waals surface area contributed by atoms with Crippen LogP contribution in [0.2, 0.25) is 0 Å². The van der Waals surface area contributed by atoms with Crippen molar-refractivity contribution in [2.24, 2.45) is 0 Å². The van der Waals surface area contributed by atoms with E-state index < -0.39 is 0 Å². The van der Waals surface area contributed by atoms with Crippen LogP contribution in [0.5, 0.6) is 0 Å². The minimum absolute atomic E-state index is 0.611. The lowest BCUT2D eigenvalue weighted by molar-refractivity contribution is 0.166. The van der Waals surface area contributed by atoms with Gasteiger partial charge in [-0.2, -0.15) is 5.10 Å². The molecule has 28 heavy (non-hydrogen) atoms. The molecule has 152 valence electrons. The van der Waals surface area contributed by atoms with E-state index >= 15 is 0 Å². The van der Waals surface area contributed by atoms with Gasteiger partial charge in [-0.15, -0.1) is 0 Å². The molecule has 1 aliphatic heterocycles. The Kier molecular flexibility index (Phi) is 6.76. The smallest absolute Gasteiger partial charge is 0.0534 e. The van der Waals surface area contributed by atoms with Crippen molar-refractivity contribution in [3.8, 4) is 0 Å². The van der Waals surface area contributed by atoms with Crippen LogP contribution >= 0.6 is 0 Å². The normalized spacial score (nSPS) is 21.6. The molecule has 1 aliphatic carbocycles. The Morgan fingerprint density at radius 2 is 1.89 bits per heavy atom. The first-order chi connectivity index (χ1) is 13.8. The quantitative estimate of drug-likeness (QED) is 0.684. The number of hydrogen-bond acceptors (Lipinski definition) is 4. The average Bonchev–Trinajstić information content (AvgIpc) is 3.39. The molecule has 5 heteroatoms. The van der Waals surface area contributed by atoms with E-state index in [0.29, 0.717) is 12.1 Å². The van der Waals surface area contributed by atoms with Crippen molar-refractivity contribution < 1.29 is 0 Å². The molecule has 2 aromatic heterocycles. The van der Waals surface area contributed by atoms with Crippen molar-refractivity contribution in [2.45, 2.75) is 77.0 Å². The first-order valence-electron chi connectivity index (χ1n) is 11.2. The molecule has 4 rings (SSSR count). The summed E-state index contributed by atoms with van der Waals surface area (Å²) in [5.41, 5.74) is 2.64. The molecule has 0 spiro atoms. The monoisotopic (exact) mass is 381 g/mol. The van der Waals surface area contributed by atoms with Crippen LogP contribution < -0.4 is 0 Å². The lowest BCUT2D eigenvalue weighted by Crippen LogP contribution is -2.39. The van der Waals surface area contributed by atoms with Crippen molar-refractivity contribution in [1.82, 2.24) is 24.6 Å². The van der Waals surface area contributed by atoms with E-state index in [0.717, 1.165) is 26.2 Å². The Bertz CT molecular complexity index is 707. The second kappa shape index (κ2) is 9.66. The highest BCUT2D eigenvalue weighted by atomic mass is 15.3. The van der Waals surface area contributed by atoms with Gasteiger partial charge in [0.15, 0.2) is 0 Å². The average molecular weight is 382 g/mol. The van der Waals surface area contributed by atoms with Crippen LogP contribution in [0.1, 0.15) is 69.0 Å². The van der Waals surface area contributed by atoms with Crippen LogP contribution in [-0.4, -0.2) is 50.2 Å². The molecule has 2 aromatic rings. The maximum absolute atomic E-state index is 4.73. The van der Waals surface area contributed by atoms with Crippen LogP contribution in [0.25, 0.3) is 0 Å². The van der Waals surface area contributed by atoms with E-state index in [-0.39, 0.29) is 0 Å². The summed E-state index contributed by atoms with van der Waals surface area (Å²) in [6.45, 7) is 7.74. The fourth-order valence-electron chi connectivity index (χ4n) is 5.01. The zero-order valence-corrected chi connectivity index (χ0v) is 17.3. The fraction of sp³-hybridized carbons (Fsp3) is 0.652. The SMILES string of the molecule is CCN1CCCC1CN(Cc1cccnc1)Cc1cnn(C2CCCCC2)c1. The minimum atomic E-state index is 0.611. The van der Waals surface area contributed by atoms with Crippen molar-refractivity contribution in [3.63, 3.8) is 0 Å². The van der Waals surface area contributed by atoms with Gasteiger partial charge >= 0.3 is 0 Å². The lowest BCUT2D eigenvalue weighted by Gasteiger charge is -2.30. The maximum Gasteiger partial charge on any atom is 0.0534 e. The van der Waals surface area contributed by atoms with Crippen LogP contribution in [0.3, 0.4) is 0 Å². The van der Waals surface area contributed by atoms with Gasteiger partial charge in [-0.1, -0.05) is 32.3 Å². The predicted molar refractivity (Wildman–Crippen MR) is 113 cm³/mol. The zero-order chi connectivity index (χ0) is 19.2. The van der Waals surface area contributed by atoms with Crippen LogP contribution in [0.4, 0.5) is 0 Å². The number of pyridine rings is 1. The third kappa shape index (κ3) is 5.00. The molecule has 0 radical (unpaired) electrons. The predicted octanol–water partition coefficient (Wildman–Crippen LogP) is 4.27. The van der Waals surface area contributed by atoms with Gasteiger partial charge in [0.2, 0.25) is 0 Å². The molecule has 5 nitrogen and oxygen atoms in total. The van der Waals surface area contributed by atoms with Gasteiger partial charge in [-0.05, 0) is 50.4 Å². The molecular weight excluding hydrogens is 346 g/mol. The molecular formula is C23H35N5. The number of hydrogen-bond donors (Lipinski definition) is 0. The highest BCUT2D eigenvalue weighted by molar-refractivity contribution is 5.10. The molecule has 1 unspecified atom stereocenters. The number of aromatic nitrogens is 3. The summed E-state index contributed by atoms with van der Waals surface area (Å²) in [5.74, 6) is 0. The summed E-state index contributed by atoms with van der Waals surface area (Å²) in [7, 11) is 0. The molecule has 1 saturated heterocycles. The van der Waals surface area contributed by atoms with Gasteiger partial charge < -0.3 is 0 Å². The standard InChI is InChI=1S/C23H35N5/c1-2-27-13-7-11-23(27)19-26(16-20-8-6-12-24-14-20)17-21-15-25-28(18-21)22-9-4-3-5-10-22/h6,8,12,14-15,18,22-23H,2-5,7,9-11,13,16-17,19H2,1H3. The van der Waals surface area contributed by atoms with Crippen LogP contribution in [0, 0.1) is 0 Å². The highest BCUT2D eigenvalue weighted by Crippen LogP contribution is 2.28. The Morgan fingerprint density at radius 1 is 1.04 bits per heavy atom. The molecule has 0 bridgehead atoms. The Labute approximate surface area is 169 Å². The molecule has 1 saturated carbocycles. The second-order valence-corrected chi connectivity index (χ2v) is 8.58. The topological polar surface area (TPSA) is 37.2 Å². The summed E-state index contributed by atoms with van der Waals surface area (Å²) in [4.78, 5) is 9.56. The van der Waals surface area contributed by atoms with Gasteiger partial charge in [0.1, 0.15) is 0 Å². The first kappa shape index (κ1) is 19.6. The van der Waals surface area contributed by atoms with Gasteiger partial charge in [-0.3, -0.25) is 19.5 Å². The van der Waals surface area contributed by atoms with Crippen molar-refractivity contribution >= 4 is 0 Å². The van der Waals surface area contributed by atoms with Gasteiger partial charge in [0.25, 0.3) is 0 Å². The second-order valence-electron chi connectivity index (χ2n) is 8.58. The number of rotatable bonds is 8. The Hall–Kier alpha value is -1.72.